The predicted molar refractivity (Wildman–Crippen MR) is 77.5 cm³/mol. The van der Waals surface area contributed by atoms with E-state index >= 15 is 0 Å². The van der Waals surface area contributed by atoms with Gasteiger partial charge in [0.25, 0.3) is 0 Å². The molecule has 3 aromatic rings. The molecule has 1 heterocycles. The van der Waals surface area contributed by atoms with Gasteiger partial charge in [0, 0.05) is 17.3 Å². The summed E-state index contributed by atoms with van der Waals surface area (Å²) in [7, 11) is 0. The number of fused-ring (bicyclic) bond motifs is 1. The molecule has 0 unspecified atom stereocenters. The van der Waals surface area contributed by atoms with Gasteiger partial charge in [-0.1, -0.05) is 6.07 Å². The lowest BCUT2D eigenvalue weighted by Gasteiger charge is -2.08. The highest BCUT2D eigenvalue weighted by Gasteiger charge is 2.05. The first-order valence-corrected chi connectivity index (χ1v) is 6.27. The van der Waals surface area contributed by atoms with Gasteiger partial charge in [-0.2, -0.15) is 5.26 Å². The molecule has 92 valence electrons. The van der Waals surface area contributed by atoms with E-state index in [1.54, 1.807) is 0 Å². The first-order chi connectivity index (χ1) is 9.17. The highest BCUT2D eigenvalue weighted by Crippen LogP contribution is 2.23. The van der Waals surface area contributed by atoms with E-state index in [9.17, 15) is 0 Å². The summed E-state index contributed by atoms with van der Waals surface area (Å²) >= 11 is 0. The molecule has 0 fully saturated rings. The van der Waals surface area contributed by atoms with Crippen molar-refractivity contribution in [3.63, 3.8) is 0 Å². The molecule has 0 aliphatic rings. The van der Waals surface area contributed by atoms with Gasteiger partial charge in [-0.05, 0) is 61.4 Å². The molecule has 0 spiro atoms. The topological polar surface area (TPSA) is 28.7 Å². The molecule has 0 aliphatic heterocycles. The van der Waals surface area contributed by atoms with Crippen molar-refractivity contribution in [2.75, 3.05) is 0 Å². The molecule has 2 heteroatoms. The van der Waals surface area contributed by atoms with Gasteiger partial charge in [-0.15, -0.1) is 0 Å². The van der Waals surface area contributed by atoms with Gasteiger partial charge < -0.3 is 4.57 Å². The Morgan fingerprint density at radius 2 is 1.68 bits per heavy atom. The van der Waals surface area contributed by atoms with Gasteiger partial charge in [0.2, 0.25) is 0 Å². The van der Waals surface area contributed by atoms with E-state index in [4.69, 9.17) is 5.26 Å². The summed E-state index contributed by atoms with van der Waals surface area (Å²) in [6.45, 7) is 4.21. The van der Waals surface area contributed by atoms with Gasteiger partial charge in [0.1, 0.15) is 0 Å². The third-order valence-electron chi connectivity index (χ3n) is 3.30. The number of rotatable bonds is 1. The summed E-state index contributed by atoms with van der Waals surface area (Å²) in [5.74, 6) is 0. The van der Waals surface area contributed by atoms with E-state index in [1.165, 1.54) is 11.1 Å². The summed E-state index contributed by atoms with van der Waals surface area (Å²) in [6, 6.07) is 16.5. The molecule has 0 N–H and O–H groups in total. The van der Waals surface area contributed by atoms with Crippen LogP contribution in [0.3, 0.4) is 0 Å². The van der Waals surface area contributed by atoms with Crippen LogP contribution in [-0.4, -0.2) is 4.57 Å². The van der Waals surface area contributed by atoms with Crippen LogP contribution < -0.4 is 0 Å². The molecular formula is C17H14N2. The van der Waals surface area contributed by atoms with Crippen LogP contribution in [0.4, 0.5) is 0 Å². The number of nitrogens with zero attached hydrogens (tertiary/aromatic N) is 2. The van der Waals surface area contributed by atoms with Crippen LogP contribution in [0.25, 0.3) is 16.6 Å². The summed E-state index contributed by atoms with van der Waals surface area (Å²) in [5.41, 5.74) is 5.50. The van der Waals surface area contributed by atoms with E-state index in [-0.39, 0.29) is 0 Å². The van der Waals surface area contributed by atoms with Crippen LogP contribution in [-0.2, 0) is 0 Å². The molecule has 0 amide bonds. The monoisotopic (exact) mass is 246 g/mol. The second kappa shape index (κ2) is 4.29. The number of nitriles is 1. The highest BCUT2D eigenvalue weighted by molar-refractivity contribution is 5.83. The van der Waals surface area contributed by atoms with Crippen molar-refractivity contribution in [2.24, 2.45) is 0 Å². The number of hydrogen-bond acceptors (Lipinski definition) is 1. The number of aryl methyl sites for hydroxylation is 2. The minimum atomic E-state index is 0.700. The minimum Gasteiger partial charge on any atom is -0.317 e. The van der Waals surface area contributed by atoms with Crippen molar-refractivity contribution in [3.05, 3.63) is 65.4 Å². The first kappa shape index (κ1) is 11.6. The number of hydrogen-bond donors (Lipinski definition) is 0. The lowest BCUT2D eigenvalue weighted by molar-refractivity contribution is 1.11. The fraction of sp³-hybridized carbons (Fsp3) is 0.118. The van der Waals surface area contributed by atoms with Crippen LogP contribution >= 0.6 is 0 Å². The summed E-state index contributed by atoms with van der Waals surface area (Å²) in [5, 5.41) is 10.0. The Bertz CT molecular complexity index is 783. The smallest absolute Gasteiger partial charge is 0.0991 e. The van der Waals surface area contributed by atoms with E-state index in [2.05, 4.69) is 48.9 Å². The minimum absolute atomic E-state index is 0.700. The zero-order chi connectivity index (χ0) is 13.4. The Morgan fingerprint density at radius 3 is 2.37 bits per heavy atom. The third-order valence-corrected chi connectivity index (χ3v) is 3.30. The molecule has 0 radical (unpaired) electrons. The molecule has 0 aliphatic carbocycles. The molecule has 2 aromatic carbocycles. The quantitative estimate of drug-likeness (QED) is 0.635. The van der Waals surface area contributed by atoms with Crippen molar-refractivity contribution in [3.8, 4) is 11.8 Å². The van der Waals surface area contributed by atoms with E-state index in [1.807, 2.05) is 24.3 Å². The Labute approximate surface area is 112 Å². The van der Waals surface area contributed by atoms with E-state index < -0.39 is 0 Å². The van der Waals surface area contributed by atoms with E-state index in [0.717, 1.165) is 16.6 Å². The van der Waals surface area contributed by atoms with Crippen LogP contribution in [0.2, 0.25) is 0 Å². The van der Waals surface area contributed by atoms with Gasteiger partial charge >= 0.3 is 0 Å². The summed E-state index contributed by atoms with van der Waals surface area (Å²) in [4.78, 5) is 0. The zero-order valence-electron chi connectivity index (χ0n) is 11.0. The third kappa shape index (κ3) is 2.00. The summed E-state index contributed by atoms with van der Waals surface area (Å²) < 4.78 is 2.16. The maximum Gasteiger partial charge on any atom is 0.0991 e. The molecule has 2 nitrogen and oxygen atoms in total. The van der Waals surface area contributed by atoms with Crippen molar-refractivity contribution >= 4 is 10.9 Å². The van der Waals surface area contributed by atoms with E-state index in [0.29, 0.717) is 5.56 Å². The van der Waals surface area contributed by atoms with Crippen LogP contribution in [0, 0.1) is 25.2 Å². The van der Waals surface area contributed by atoms with Crippen molar-refractivity contribution in [2.45, 2.75) is 13.8 Å². The highest BCUT2D eigenvalue weighted by atomic mass is 15.0. The van der Waals surface area contributed by atoms with Crippen LogP contribution in [0.15, 0.2) is 48.7 Å². The standard InChI is InChI=1S/C17H14N2/c1-12-7-13(2)9-16(8-12)19-6-5-15-10-14(11-18)3-4-17(15)19/h3-10H,1-2H3. The largest absolute Gasteiger partial charge is 0.317 e. The van der Waals surface area contributed by atoms with Crippen molar-refractivity contribution in [1.82, 2.24) is 4.57 Å². The van der Waals surface area contributed by atoms with Crippen molar-refractivity contribution in [1.29, 1.82) is 5.26 Å². The van der Waals surface area contributed by atoms with Gasteiger partial charge in [0.05, 0.1) is 17.1 Å². The molecule has 19 heavy (non-hydrogen) atoms. The zero-order valence-corrected chi connectivity index (χ0v) is 11.0. The van der Waals surface area contributed by atoms with Crippen molar-refractivity contribution < 1.29 is 0 Å². The molecule has 1 aromatic heterocycles. The molecule has 0 saturated carbocycles. The SMILES string of the molecule is Cc1cc(C)cc(-n2ccc3cc(C#N)ccc32)c1. The number of aromatic nitrogens is 1. The first-order valence-electron chi connectivity index (χ1n) is 6.27. The Balaban J connectivity index is 2.23. The fourth-order valence-corrected chi connectivity index (χ4v) is 2.53. The fourth-order valence-electron chi connectivity index (χ4n) is 2.53. The average Bonchev–Trinajstić information content (AvgIpc) is 2.80. The molecule has 3 rings (SSSR count). The molecule has 0 bridgehead atoms. The second-order valence-corrected chi connectivity index (χ2v) is 4.92. The molecule has 0 saturated heterocycles. The Morgan fingerprint density at radius 1 is 0.947 bits per heavy atom. The maximum absolute atomic E-state index is 8.94. The molecular weight excluding hydrogens is 232 g/mol. The van der Waals surface area contributed by atoms with Crippen LogP contribution in [0.5, 0.6) is 0 Å². The second-order valence-electron chi connectivity index (χ2n) is 4.92. The normalized spacial score (nSPS) is 10.6. The Hall–Kier alpha value is -2.53. The number of benzene rings is 2. The van der Waals surface area contributed by atoms with Gasteiger partial charge in [-0.25, -0.2) is 0 Å². The predicted octanol–water partition coefficient (Wildman–Crippen LogP) is 4.12. The van der Waals surface area contributed by atoms with Crippen LogP contribution in [0.1, 0.15) is 16.7 Å². The lowest BCUT2D eigenvalue weighted by Crippen LogP contribution is -1.93. The molecule has 0 atom stereocenters. The van der Waals surface area contributed by atoms with Gasteiger partial charge in [0.15, 0.2) is 0 Å². The maximum atomic E-state index is 8.94. The van der Waals surface area contributed by atoms with Gasteiger partial charge in [-0.3, -0.25) is 0 Å². The lowest BCUT2D eigenvalue weighted by atomic mass is 10.1. The summed E-state index contributed by atoms with van der Waals surface area (Å²) in [6.07, 6.45) is 2.06. The Kier molecular flexibility index (Phi) is 2.61. The average molecular weight is 246 g/mol.